The van der Waals surface area contributed by atoms with E-state index in [1.54, 1.807) is 6.20 Å². The van der Waals surface area contributed by atoms with Gasteiger partial charge in [0.2, 0.25) is 0 Å². The number of pyridine rings is 1. The van der Waals surface area contributed by atoms with Gasteiger partial charge in [0.25, 0.3) is 0 Å². The SMILES string of the molecule is CCCNC(CSC(C)(C)C)c1c(C)ccnc1N. The number of hydrogen-bond acceptors (Lipinski definition) is 4. The molecule has 0 spiro atoms. The van der Waals surface area contributed by atoms with Gasteiger partial charge < -0.3 is 11.1 Å². The molecule has 3 nitrogen and oxygen atoms in total. The number of nitrogens with two attached hydrogens (primary N) is 1. The number of nitrogens with zero attached hydrogens (tertiary/aromatic N) is 1. The van der Waals surface area contributed by atoms with Gasteiger partial charge in [-0.05, 0) is 31.5 Å². The predicted molar refractivity (Wildman–Crippen MR) is 86.6 cm³/mol. The number of aromatic nitrogens is 1. The molecule has 0 bridgehead atoms. The van der Waals surface area contributed by atoms with E-state index in [1.165, 1.54) is 5.56 Å². The Morgan fingerprint density at radius 1 is 1.42 bits per heavy atom. The number of rotatable bonds is 6. The molecule has 1 aromatic heterocycles. The number of thioether (sulfide) groups is 1. The van der Waals surface area contributed by atoms with Crippen LogP contribution in [0, 0.1) is 6.92 Å². The molecular formula is C15H27N3S. The highest BCUT2D eigenvalue weighted by atomic mass is 32.2. The van der Waals surface area contributed by atoms with E-state index in [2.05, 4.69) is 44.9 Å². The molecule has 0 aliphatic heterocycles. The van der Waals surface area contributed by atoms with Gasteiger partial charge in [-0.25, -0.2) is 4.98 Å². The molecular weight excluding hydrogens is 254 g/mol. The van der Waals surface area contributed by atoms with Gasteiger partial charge in [0, 0.05) is 28.3 Å². The van der Waals surface area contributed by atoms with Crippen molar-refractivity contribution < 1.29 is 0 Å². The number of hydrogen-bond donors (Lipinski definition) is 2. The minimum absolute atomic E-state index is 0.261. The smallest absolute Gasteiger partial charge is 0.128 e. The minimum atomic E-state index is 0.261. The molecule has 19 heavy (non-hydrogen) atoms. The largest absolute Gasteiger partial charge is 0.383 e. The molecule has 1 atom stereocenters. The Labute approximate surface area is 121 Å². The van der Waals surface area contributed by atoms with Crippen molar-refractivity contribution in [1.82, 2.24) is 10.3 Å². The van der Waals surface area contributed by atoms with Gasteiger partial charge >= 0.3 is 0 Å². The Bertz CT molecular complexity index is 379. The summed E-state index contributed by atoms with van der Waals surface area (Å²) in [5.41, 5.74) is 8.45. The molecule has 0 amide bonds. The van der Waals surface area contributed by atoms with Gasteiger partial charge in [0.1, 0.15) is 5.82 Å². The summed E-state index contributed by atoms with van der Waals surface area (Å²) in [6.45, 7) is 12.0. The molecule has 0 saturated carbocycles. The Morgan fingerprint density at radius 3 is 2.63 bits per heavy atom. The third-order valence-corrected chi connectivity index (χ3v) is 4.28. The fourth-order valence-corrected chi connectivity index (χ4v) is 2.89. The molecule has 0 aromatic carbocycles. The monoisotopic (exact) mass is 281 g/mol. The minimum Gasteiger partial charge on any atom is -0.383 e. The van der Waals surface area contributed by atoms with Crippen LogP contribution < -0.4 is 11.1 Å². The zero-order chi connectivity index (χ0) is 14.5. The first kappa shape index (κ1) is 16.3. The fourth-order valence-electron chi connectivity index (χ4n) is 1.94. The van der Waals surface area contributed by atoms with Crippen molar-refractivity contribution in [2.75, 3.05) is 18.0 Å². The first-order chi connectivity index (χ1) is 8.85. The van der Waals surface area contributed by atoms with Crippen molar-refractivity contribution in [3.05, 3.63) is 23.4 Å². The molecule has 1 aromatic rings. The van der Waals surface area contributed by atoms with E-state index in [0.29, 0.717) is 5.82 Å². The Morgan fingerprint density at radius 2 is 2.11 bits per heavy atom. The lowest BCUT2D eigenvalue weighted by Crippen LogP contribution is -2.27. The van der Waals surface area contributed by atoms with Crippen molar-refractivity contribution in [3.63, 3.8) is 0 Å². The second-order valence-corrected chi connectivity index (χ2v) is 7.70. The quantitative estimate of drug-likeness (QED) is 0.837. The maximum Gasteiger partial charge on any atom is 0.128 e. The molecule has 0 radical (unpaired) electrons. The van der Waals surface area contributed by atoms with Gasteiger partial charge in [-0.1, -0.05) is 27.7 Å². The van der Waals surface area contributed by atoms with Crippen LogP contribution in [-0.4, -0.2) is 22.0 Å². The lowest BCUT2D eigenvalue weighted by atomic mass is 10.0. The van der Waals surface area contributed by atoms with Crippen molar-refractivity contribution in [3.8, 4) is 0 Å². The molecule has 0 aliphatic carbocycles. The summed E-state index contributed by atoms with van der Waals surface area (Å²) in [5.74, 6) is 1.67. The first-order valence-electron chi connectivity index (χ1n) is 6.93. The molecule has 4 heteroatoms. The molecule has 1 heterocycles. The van der Waals surface area contributed by atoms with Crippen LogP contribution in [0.1, 0.15) is 51.3 Å². The van der Waals surface area contributed by atoms with Crippen LogP contribution in [0.5, 0.6) is 0 Å². The van der Waals surface area contributed by atoms with Crippen molar-refractivity contribution in [2.24, 2.45) is 0 Å². The van der Waals surface area contributed by atoms with E-state index < -0.39 is 0 Å². The average Bonchev–Trinajstić information content (AvgIpc) is 2.30. The fraction of sp³-hybridized carbons (Fsp3) is 0.667. The van der Waals surface area contributed by atoms with Crippen molar-refractivity contribution in [1.29, 1.82) is 0 Å². The Balaban J connectivity index is 2.89. The summed E-state index contributed by atoms with van der Waals surface area (Å²) in [6, 6.07) is 2.31. The highest BCUT2D eigenvalue weighted by molar-refractivity contribution is 8.00. The van der Waals surface area contributed by atoms with Crippen LogP contribution in [0.4, 0.5) is 5.82 Å². The van der Waals surface area contributed by atoms with Crippen LogP contribution in [0.2, 0.25) is 0 Å². The van der Waals surface area contributed by atoms with Gasteiger partial charge in [-0.15, -0.1) is 0 Å². The third-order valence-electron chi connectivity index (χ3n) is 2.91. The molecule has 0 aliphatic rings. The van der Waals surface area contributed by atoms with Crippen LogP contribution in [0.15, 0.2) is 12.3 Å². The molecule has 0 fully saturated rings. The number of anilines is 1. The van der Waals surface area contributed by atoms with Crippen molar-refractivity contribution >= 4 is 17.6 Å². The lowest BCUT2D eigenvalue weighted by Gasteiger charge is -2.25. The topological polar surface area (TPSA) is 50.9 Å². The molecule has 1 rings (SSSR count). The second kappa shape index (κ2) is 7.15. The van der Waals surface area contributed by atoms with E-state index in [9.17, 15) is 0 Å². The number of nitrogen functional groups attached to an aromatic ring is 1. The highest BCUT2D eigenvalue weighted by Gasteiger charge is 2.20. The van der Waals surface area contributed by atoms with E-state index in [0.717, 1.165) is 24.3 Å². The standard InChI is InChI=1S/C15H27N3S/c1-6-8-17-12(10-19-15(3,4)5)13-11(2)7-9-18-14(13)16/h7,9,12,17H,6,8,10H2,1-5H3,(H2,16,18). The molecule has 1 unspecified atom stereocenters. The summed E-state index contributed by atoms with van der Waals surface area (Å²) < 4.78 is 0.261. The summed E-state index contributed by atoms with van der Waals surface area (Å²) in [5, 5.41) is 3.60. The summed E-state index contributed by atoms with van der Waals surface area (Å²) in [4.78, 5) is 4.24. The summed E-state index contributed by atoms with van der Waals surface area (Å²) in [6.07, 6.45) is 2.90. The van der Waals surface area contributed by atoms with Crippen LogP contribution >= 0.6 is 11.8 Å². The van der Waals surface area contributed by atoms with Crippen molar-refractivity contribution in [2.45, 2.75) is 51.8 Å². The predicted octanol–water partition coefficient (Wildman–Crippen LogP) is 3.54. The lowest BCUT2D eigenvalue weighted by molar-refractivity contribution is 0.573. The maximum absolute atomic E-state index is 6.07. The van der Waals surface area contributed by atoms with Gasteiger partial charge in [-0.3, -0.25) is 0 Å². The molecule has 0 saturated heterocycles. The van der Waals surface area contributed by atoms with Crippen LogP contribution in [-0.2, 0) is 0 Å². The van der Waals surface area contributed by atoms with Crippen LogP contribution in [0.3, 0.4) is 0 Å². The van der Waals surface area contributed by atoms with E-state index in [-0.39, 0.29) is 10.8 Å². The van der Waals surface area contributed by atoms with Gasteiger partial charge in [0.05, 0.1) is 0 Å². The number of aryl methyl sites for hydroxylation is 1. The number of nitrogens with one attached hydrogen (secondary N) is 1. The third kappa shape index (κ3) is 5.41. The highest BCUT2D eigenvalue weighted by Crippen LogP contribution is 2.31. The molecule has 3 N–H and O–H groups in total. The van der Waals surface area contributed by atoms with Gasteiger partial charge in [-0.2, -0.15) is 11.8 Å². The van der Waals surface area contributed by atoms with E-state index >= 15 is 0 Å². The summed E-state index contributed by atoms with van der Waals surface area (Å²) >= 11 is 1.96. The van der Waals surface area contributed by atoms with E-state index in [4.69, 9.17) is 5.73 Å². The maximum atomic E-state index is 6.07. The first-order valence-corrected chi connectivity index (χ1v) is 7.92. The normalized spacial score (nSPS) is 13.5. The van der Waals surface area contributed by atoms with Crippen LogP contribution in [0.25, 0.3) is 0 Å². The Kier molecular flexibility index (Phi) is 6.14. The summed E-state index contributed by atoms with van der Waals surface area (Å²) in [7, 11) is 0. The molecule has 108 valence electrons. The average molecular weight is 281 g/mol. The van der Waals surface area contributed by atoms with E-state index in [1.807, 2.05) is 17.8 Å². The van der Waals surface area contributed by atoms with Gasteiger partial charge in [0.15, 0.2) is 0 Å². The Hall–Kier alpha value is -0.740. The zero-order valence-electron chi connectivity index (χ0n) is 12.8. The zero-order valence-corrected chi connectivity index (χ0v) is 13.6. The second-order valence-electron chi connectivity index (χ2n) is 5.86.